The van der Waals surface area contributed by atoms with Crippen molar-refractivity contribution < 1.29 is 17.9 Å². The first-order valence-corrected chi connectivity index (χ1v) is 10.3. The van der Waals surface area contributed by atoms with Crippen LogP contribution < -0.4 is 14.2 Å². The summed E-state index contributed by atoms with van der Waals surface area (Å²) in [6, 6.07) is 11.0. The van der Waals surface area contributed by atoms with E-state index in [1.54, 1.807) is 26.4 Å². The van der Waals surface area contributed by atoms with Crippen molar-refractivity contribution in [3.63, 3.8) is 0 Å². The van der Waals surface area contributed by atoms with E-state index in [2.05, 4.69) is 4.72 Å². The van der Waals surface area contributed by atoms with Crippen LogP contribution in [0.4, 0.5) is 0 Å². The fourth-order valence-electron chi connectivity index (χ4n) is 3.43. The number of fused-ring (bicyclic) bond motifs is 1. The van der Waals surface area contributed by atoms with Crippen molar-refractivity contribution in [1.29, 1.82) is 0 Å². The first-order chi connectivity index (χ1) is 12.5. The number of nitrogens with one attached hydrogen (secondary N) is 1. The lowest BCUT2D eigenvalue weighted by Crippen LogP contribution is -2.28. The van der Waals surface area contributed by atoms with E-state index in [9.17, 15) is 8.42 Å². The van der Waals surface area contributed by atoms with Crippen molar-refractivity contribution >= 4 is 10.0 Å². The van der Waals surface area contributed by atoms with Gasteiger partial charge >= 0.3 is 0 Å². The molecule has 1 aliphatic rings. The van der Waals surface area contributed by atoms with Gasteiger partial charge in [0.2, 0.25) is 10.0 Å². The van der Waals surface area contributed by atoms with E-state index in [0.717, 1.165) is 30.4 Å². The van der Waals surface area contributed by atoms with Gasteiger partial charge in [0.05, 0.1) is 19.1 Å². The topological polar surface area (TPSA) is 64.6 Å². The summed E-state index contributed by atoms with van der Waals surface area (Å²) >= 11 is 0. The number of methoxy groups -OCH3 is 2. The summed E-state index contributed by atoms with van der Waals surface area (Å²) in [7, 11) is -0.282. The molecule has 0 saturated carbocycles. The highest BCUT2D eigenvalue weighted by molar-refractivity contribution is 7.89. The van der Waals surface area contributed by atoms with Gasteiger partial charge in [0.1, 0.15) is 0 Å². The molecule has 0 amide bonds. The minimum absolute atomic E-state index is 0.134. The molecule has 1 atom stereocenters. The Morgan fingerprint density at radius 1 is 1.08 bits per heavy atom. The molecule has 0 aliphatic heterocycles. The van der Waals surface area contributed by atoms with Gasteiger partial charge in [-0.2, -0.15) is 0 Å². The van der Waals surface area contributed by atoms with Gasteiger partial charge in [0.15, 0.2) is 11.5 Å². The summed E-state index contributed by atoms with van der Waals surface area (Å²) in [5, 5.41) is 0. The maximum absolute atomic E-state index is 12.6. The molecule has 1 N–H and O–H groups in total. The zero-order chi connectivity index (χ0) is 18.7. The standard InChI is InChI=1S/C20H25NO4S/c1-4-14-5-9-17(10-6-14)26(22,23)21-13-16-8-7-15-11-19(24-2)20(25-3)12-18(15)16/h5-6,9-12,16,21H,4,7-8,13H2,1-3H3. The Bertz CT molecular complexity index is 875. The van der Waals surface area contributed by atoms with Gasteiger partial charge in [-0.25, -0.2) is 13.1 Å². The van der Waals surface area contributed by atoms with Gasteiger partial charge in [-0.15, -0.1) is 0 Å². The summed E-state index contributed by atoms with van der Waals surface area (Å²) in [4.78, 5) is 0.306. The maximum atomic E-state index is 12.6. The van der Waals surface area contributed by atoms with Crippen LogP contribution in [-0.4, -0.2) is 29.2 Å². The number of hydrogen-bond acceptors (Lipinski definition) is 4. The molecule has 0 heterocycles. The normalized spacial score (nSPS) is 16.3. The molecule has 6 heteroatoms. The van der Waals surface area contributed by atoms with E-state index in [4.69, 9.17) is 9.47 Å². The van der Waals surface area contributed by atoms with Crippen LogP contribution in [0.15, 0.2) is 41.3 Å². The summed E-state index contributed by atoms with van der Waals surface area (Å²) < 4.78 is 38.6. The molecule has 0 spiro atoms. The summed E-state index contributed by atoms with van der Waals surface area (Å²) in [6.07, 6.45) is 2.70. The smallest absolute Gasteiger partial charge is 0.240 e. The van der Waals surface area contributed by atoms with Gasteiger partial charge in [-0.3, -0.25) is 0 Å². The predicted molar refractivity (Wildman–Crippen MR) is 102 cm³/mol. The monoisotopic (exact) mass is 375 g/mol. The van der Waals surface area contributed by atoms with Crippen molar-refractivity contribution in [2.24, 2.45) is 0 Å². The lowest BCUT2D eigenvalue weighted by atomic mass is 10.0. The minimum Gasteiger partial charge on any atom is -0.493 e. The molecule has 2 aromatic carbocycles. The molecule has 0 bridgehead atoms. The third kappa shape index (κ3) is 3.71. The molecule has 3 rings (SSSR count). The first kappa shape index (κ1) is 18.7. The average molecular weight is 375 g/mol. The molecule has 1 aliphatic carbocycles. The number of sulfonamides is 1. The highest BCUT2D eigenvalue weighted by Gasteiger charge is 2.26. The van der Waals surface area contributed by atoms with Crippen molar-refractivity contribution in [2.45, 2.75) is 37.0 Å². The second-order valence-corrected chi connectivity index (χ2v) is 8.26. The zero-order valence-corrected chi connectivity index (χ0v) is 16.2. The average Bonchev–Trinajstić information content (AvgIpc) is 3.07. The lowest BCUT2D eigenvalue weighted by molar-refractivity contribution is 0.354. The highest BCUT2D eigenvalue weighted by atomic mass is 32.2. The molecular formula is C20H25NO4S. The SMILES string of the molecule is CCc1ccc(S(=O)(=O)NCC2CCc3cc(OC)c(OC)cc32)cc1. The summed E-state index contributed by atoms with van der Waals surface area (Å²) in [5.74, 6) is 1.52. The highest BCUT2D eigenvalue weighted by Crippen LogP contribution is 2.40. The fourth-order valence-corrected chi connectivity index (χ4v) is 4.51. The van der Waals surface area contributed by atoms with Crippen LogP contribution in [0.5, 0.6) is 11.5 Å². The molecule has 5 nitrogen and oxygen atoms in total. The van der Waals surface area contributed by atoms with E-state index < -0.39 is 10.0 Å². The van der Waals surface area contributed by atoms with E-state index in [-0.39, 0.29) is 5.92 Å². The molecule has 2 aromatic rings. The van der Waals surface area contributed by atoms with Crippen molar-refractivity contribution in [3.05, 3.63) is 53.1 Å². The second-order valence-electron chi connectivity index (χ2n) is 6.49. The summed E-state index contributed by atoms with van der Waals surface area (Å²) in [6.45, 7) is 2.42. The number of hydrogen-bond donors (Lipinski definition) is 1. The Morgan fingerprint density at radius 3 is 2.35 bits per heavy atom. The minimum atomic E-state index is -3.51. The maximum Gasteiger partial charge on any atom is 0.240 e. The third-order valence-corrected chi connectivity index (χ3v) is 6.45. The van der Waals surface area contributed by atoms with Gasteiger partial charge < -0.3 is 9.47 Å². The van der Waals surface area contributed by atoms with Crippen molar-refractivity contribution in [3.8, 4) is 11.5 Å². The van der Waals surface area contributed by atoms with Crippen LogP contribution >= 0.6 is 0 Å². The number of aryl methyl sites for hydroxylation is 2. The molecule has 0 aromatic heterocycles. The van der Waals surface area contributed by atoms with Crippen LogP contribution in [0.3, 0.4) is 0 Å². The van der Waals surface area contributed by atoms with Crippen LogP contribution in [0.2, 0.25) is 0 Å². The number of benzene rings is 2. The summed E-state index contributed by atoms with van der Waals surface area (Å²) in [5.41, 5.74) is 3.44. The van der Waals surface area contributed by atoms with Crippen molar-refractivity contribution in [2.75, 3.05) is 20.8 Å². The zero-order valence-electron chi connectivity index (χ0n) is 15.4. The molecule has 140 valence electrons. The van der Waals surface area contributed by atoms with Gasteiger partial charge in [0.25, 0.3) is 0 Å². The largest absolute Gasteiger partial charge is 0.493 e. The van der Waals surface area contributed by atoms with E-state index >= 15 is 0 Å². The van der Waals surface area contributed by atoms with Crippen LogP contribution in [0.1, 0.15) is 36.0 Å². The molecule has 0 saturated heterocycles. The Morgan fingerprint density at radius 2 is 1.73 bits per heavy atom. The van der Waals surface area contributed by atoms with E-state index in [1.165, 1.54) is 5.56 Å². The lowest BCUT2D eigenvalue weighted by Gasteiger charge is -2.15. The van der Waals surface area contributed by atoms with Crippen LogP contribution in [-0.2, 0) is 22.9 Å². The molecular weight excluding hydrogens is 350 g/mol. The Kier molecular flexibility index (Phi) is 5.53. The number of ether oxygens (including phenoxy) is 2. The number of rotatable bonds is 7. The Balaban J connectivity index is 1.75. The first-order valence-electron chi connectivity index (χ1n) is 8.82. The predicted octanol–water partition coefficient (Wildman–Crippen LogP) is 3.27. The quantitative estimate of drug-likeness (QED) is 0.807. The van der Waals surface area contributed by atoms with E-state index in [0.29, 0.717) is 22.9 Å². The van der Waals surface area contributed by atoms with Gasteiger partial charge in [-0.05, 0) is 66.1 Å². The molecule has 26 heavy (non-hydrogen) atoms. The Labute approximate surface area is 155 Å². The van der Waals surface area contributed by atoms with Crippen LogP contribution in [0, 0.1) is 0 Å². The molecule has 1 unspecified atom stereocenters. The van der Waals surface area contributed by atoms with Crippen molar-refractivity contribution in [1.82, 2.24) is 4.72 Å². The van der Waals surface area contributed by atoms with Crippen LogP contribution in [0.25, 0.3) is 0 Å². The second kappa shape index (κ2) is 7.68. The Hall–Kier alpha value is -2.05. The third-order valence-electron chi connectivity index (χ3n) is 5.01. The van der Waals surface area contributed by atoms with Gasteiger partial charge in [-0.1, -0.05) is 19.1 Å². The van der Waals surface area contributed by atoms with E-state index in [1.807, 2.05) is 31.2 Å². The molecule has 0 fully saturated rings. The van der Waals surface area contributed by atoms with Gasteiger partial charge in [0, 0.05) is 6.54 Å². The molecule has 0 radical (unpaired) electrons. The fraction of sp³-hybridized carbons (Fsp3) is 0.400.